The van der Waals surface area contributed by atoms with Crippen LogP contribution in [0.3, 0.4) is 0 Å². The molecule has 0 aliphatic carbocycles. The molecule has 1 aliphatic rings. The average molecular weight is 280 g/mol. The SMILES string of the molecule is O=C(NCCCN1CCOCC1)c1cccc(O)c1O. The van der Waals surface area contributed by atoms with E-state index in [2.05, 4.69) is 10.2 Å². The lowest BCUT2D eigenvalue weighted by molar-refractivity contribution is 0.0374. The van der Waals surface area contributed by atoms with Gasteiger partial charge in [-0.3, -0.25) is 9.69 Å². The number of phenols is 2. The van der Waals surface area contributed by atoms with Crippen LogP contribution in [0.4, 0.5) is 0 Å². The van der Waals surface area contributed by atoms with Gasteiger partial charge in [-0.2, -0.15) is 0 Å². The van der Waals surface area contributed by atoms with Crippen LogP contribution in [0, 0.1) is 0 Å². The van der Waals surface area contributed by atoms with Crippen LogP contribution in [0.1, 0.15) is 16.8 Å². The summed E-state index contributed by atoms with van der Waals surface area (Å²) in [6, 6.07) is 4.34. The minimum atomic E-state index is -0.377. The van der Waals surface area contributed by atoms with Crippen molar-refractivity contribution >= 4 is 5.91 Å². The molecule has 1 fully saturated rings. The highest BCUT2D eigenvalue weighted by Gasteiger charge is 2.14. The van der Waals surface area contributed by atoms with Gasteiger partial charge in [0.05, 0.1) is 18.8 Å². The highest BCUT2D eigenvalue weighted by atomic mass is 16.5. The number of nitrogens with one attached hydrogen (secondary N) is 1. The fourth-order valence-electron chi connectivity index (χ4n) is 2.14. The molecule has 0 atom stereocenters. The summed E-state index contributed by atoms with van der Waals surface area (Å²) in [4.78, 5) is 14.1. The van der Waals surface area contributed by atoms with Gasteiger partial charge in [0.1, 0.15) is 0 Å². The van der Waals surface area contributed by atoms with E-state index in [0.29, 0.717) is 6.54 Å². The number of amides is 1. The second-order valence-electron chi connectivity index (χ2n) is 4.74. The minimum absolute atomic E-state index is 0.0939. The van der Waals surface area contributed by atoms with Crippen molar-refractivity contribution in [3.8, 4) is 11.5 Å². The molecule has 1 heterocycles. The molecule has 0 bridgehead atoms. The van der Waals surface area contributed by atoms with E-state index in [1.165, 1.54) is 18.2 Å². The third kappa shape index (κ3) is 3.85. The lowest BCUT2D eigenvalue weighted by atomic mass is 10.1. The molecule has 6 heteroatoms. The van der Waals surface area contributed by atoms with Crippen LogP contribution in [0.5, 0.6) is 11.5 Å². The van der Waals surface area contributed by atoms with Gasteiger partial charge in [0.2, 0.25) is 0 Å². The second kappa shape index (κ2) is 7.12. The van der Waals surface area contributed by atoms with E-state index in [1.807, 2.05) is 0 Å². The predicted molar refractivity (Wildman–Crippen MR) is 74.0 cm³/mol. The van der Waals surface area contributed by atoms with E-state index in [0.717, 1.165) is 39.3 Å². The van der Waals surface area contributed by atoms with Crippen molar-refractivity contribution in [2.45, 2.75) is 6.42 Å². The fourth-order valence-corrected chi connectivity index (χ4v) is 2.14. The van der Waals surface area contributed by atoms with E-state index in [4.69, 9.17) is 4.74 Å². The summed E-state index contributed by atoms with van der Waals surface area (Å²) in [5.74, 6) is -1.04. The molecule has 0 aromatic heterocycles. The standard InChI is InChI=1S/C14H20N2O4/c17-12-4-1-3-11(13(12)18)14(19)15-5-2-6-16-7-9-20-10-8-16/h1,3-4,17-18H,2,5-10H2,(H,15,19). The fraction of sp³-hybridized carbons (Fsp3) is 0.500. The molecule has 0 saturated carbocycles. The first-order valence-corrected chi connectivity index (χ1v) is 6.77. The van der Waals surface area contributed by atoms with Crippen molar-refractivity contribution in [3.63, 3.8) is 0 Å². The number of aromatic hydroxyl groups is 2. The normalized spacial score (nSPS) is 16.0. The summed E-state index contributed by atoms with van der Waals surface area (Å²) in [7, 11) is 0. The van der Waals surface area contributed by atoms with E-state index in [9.17, 15) is 15.0 Å². The van der Waals surface area contributed by atoms with Crippen molar-refractivity contribution in [1.29, 1.82) is 0 Å². The molecule has 0 spiro atoms. The molecule has 3 N–H and O–H groups in total. The van der Waals surface area contributed by atoms with Gasteiger partial charge >= 0.3 is 0 Å². The number of nitrogens with zero attached hydrogens (tertiary/aromatic N) is 1. The molecule has 1 amide bonds. The number of carbonyl (C=O) groups excluding carboxylic acids is 1. The Morgan fingerprint density at radius 3 is 2.80 bits per heavy atom. The topological polar surface area (TPSA) is 82.0 Å². The zero-order valence-electron chi connectivity index (χ0n) is 11.3. The third-order valence-corrected chi connectivity index (χ3v) is 3.30. The van der Waals surface area contributed by atoms with E-state index in [1.54, 1.807) is 0 Å². The average Bonchev–Trinajstić information content (AvgIpc) is 2.47. The quantitative estimate of drug-likeness (QED) is 0.542. The van der Waals surface area contributed by atoms with Gasteiger partial charge < -0.3 is 20.3 Å². The summed E-state index contributed by atoms with van der Waals surface area (Å²) in [6.07, 6.45) is 0.839. The van der Waals surface area contributed by atoms with E-state index >= 15 is 0 Å². The van der Waals surface area contributed by atoms with Crippen LogP contribution in [-0.4, -0.2) is 60.4 Å². The largest absolute Gasteiger partial charge is 0.504 e. The van der Waals surface area contributed by atoms with Crippen LogP contribution in [0.15, 0.2) is 18.2 Å². The van der Waals surface area contributed by atoms with Gasteiger partial charge in [-0.05, 0) is 25.1 Å². The van der Waals surface area contributed by atoms with Crippen molar-refractivity contribution in [3.05, 3.63) is 23.8 Å². The summed E-state index contributed by atoms with van der Waals surface area (Å²) >= 11 is 0. The Balaban J connectivity index is 1.73. The highest BCUT2D eigenvalue weighted by Crippen LogP contribution is 2.27. The molecule has 1 aromatic rings. The number of hydrogen-bond acceptors (Lipinski definition) is 5. The summed E-state index contributed by atoms with van der Waals surface area (Å²) in [6.45, 7) is 4.84. The smallest absolute Gasteiger partial charge is 0.255 e. The molecule has 110 valence electrons. The maximum atomic E-state index is 11.9. The Bertz CT molecular complexity index is 458. The lowest BCUT2D eigenvalue weighted by Gasteiger charge is -2.26. The Labute approximate surface area is 118 Å². The molecule has 0 radical (unpaired) electrons. The second-order valence-corrected chi connectivity index (χ2v) is 4.74. The first-order chi connectivity index (χ1) is 9.68. The van der Waals surface area contributed by atoms with Crippen molar-refractivity contribution in [2.75, 3.05) is 39.4 Å². The first kappa shape index (κ1) is 14.6. The Morgan fingerprint density at radius 2 is 2.05 bits per heavy atom. The summed E-state index contributed by atoms with van der Waals surface area (Å²) in [5, 5.41) is 21.7. The number of morpholine rings is 1. The first-order valence-electron chi connectivity index (χ1n) is 6.77. The van der Waals surface area contributed by atoms with Crippen LogP contribution in [0.25, 0.3) is 0 Å². The molecule has 6 nitrogen and oxygen atoms in total. The zero-order valence-corrected chi connectivity index (χ0v) is 11.3. The van der Waals surface area contributed by atoms with Crippen LogP contribution in [-0.2, 0) is 4.74 Å². The van der Waals surface area contributed by atoms with E-state index in [-0.39, 0.29) is 23.0 Å². The zero-order chi connectivity index (χ0) is 14.4. The van der Waals surface area contributed by atoms with Gasteiger partial charge in [-0.25, -0.2) is 0 Å². The van der Waals surface area contributed by atoms with E-state index < -0.39 is 0 Å². The van der Waals surface area contributed by atoms with Crippen molar-refractivity contribution in [1.82, 2.24) is 10.2 Å². The number of phenolic OH excluding ortho intramolecular Hbond substituents is 2. The number of carbonyl (C=O) groups is 1. The summed E-state index contributed by atoms with van der Waals surface area (Å²) < 4.78 is 5.26. The van der Waals surface area contributed by atoms with Crippen molar-refractivity contribution < 1.29 is 19.7 Å². The molecule has 2 rings (SSSR count). The molecule has 1 aromatic carbocycles. The number of para-hydroxylation sites is 1. The van der Waals surface area contributed by atoms with Crippen LogP contribution in [0.2, 0.25) is 0 Å². The van der Waals surface area contributed by atoms with Gasteiger partial charge in [0.15, 0.2) is 11.5 Å². The van der Waals surface area contributed by atoms with Crippen LogP contribution >= 0.6 is 0 Å². The minimum Gasteiger partial charge on any atom is -0.504 e. The predicted octanol–water partition coefficient (Wildman–Crippen LogP) is 0.550. The molecule has 0 unspecified atom stereocenters. The van der Waals surface area contributed by atoms with Gasteiger partial charge in [0.25, 0.3) is 5.91 Å². The van der Waals surface area contributed by atoms with Gasteiger partial charge in [0, 0.05) is 19.6 Å². The maximum absolute atomic E-state index is 11.9. The maximum Gasteiger partial charge on any atom is 0.255 e. The molecule has 20 heavy (non-hydrogen) atoms. The van der Waals surface area contributed by atoms with Crippen LogP contribution < -0.4 is 5.32 Å². The van der Waals surface area contributed by atoms with Gasteiger partial charge in [-0.1, -0.05) is 6.07 Å². The number of hydrogen-bond donors (Lipinski definition) is 3. The van der Waals surface area contributed by atoms with Crippen molar-refractivity contribution in [2.24, 2.45) is 0 Å². The summed E-state index contributed by atoms with van der Waals surface area (Å²) in [5.41, 5.74) is 0.0939. The third-order valence-electron chi connectivity index (χ3n) is 3.30. The number of benzene rings is 1. The Kier molecular flexibility index (Phi) is 5.20. The molecule has 1 saturated heterocycles. The molecule has 1 aliphatic heterocycles. The van der Waals surface area contributed by atoms with Gasteiger partial charge in [-0.15, -0.1) is 0 Å². The highest BCUT2D eigenvalue weighted by molar-refractivity contribution is 5.97. The monoisotopic (exact) mass is 280 g/mol. The number of ether oxygens (including phenoxy) is 1. The Hall–Kier alpha value is -1.79. The molecular formula is C14H20N2O4. The molecular weight excluding hydrogens is 260 g/mol. The lowest BCUT2D eigenvalue weighted by Crippen LogP contribution is -2.38. The number of rotatable bonds is 5. The Morgan fingerprint density at radius 1 is 1.30 bits per heavy atom.